The molecule has 0 fully saturated rings. The largest absolute Gasteiger partial charge is 0.460 e. The van der Waals surface area contributed by atoms with Crippen LogP contribution in [0.1, 0.15) is 48.0 Å². The molecule has 0 radical (unpaired) electrons. The van der Waals surface area contributed by atoms with Crippen LogP contribution in [-0.4, -0.2) is 149 Å². The molecule has 1 amide bonds. The van der Waals surface area contributed by atoms with Crippen LogP contribution in [0, 0.1) is 0 Å². The predicted octanol–water partition coefficient (Wildman–Crippen LogP) is 2.39. The van der Waals surface area contributed by atoms with Crippen LogP contribution in [0.2, 0.25) is 0 Å². The molecule has 0 spiro atoms. The van der Waals surface area contributed by atoms with E-state index in [1.807, 2.05) is 41.5 Å². The third kappa shape index (κ3) is 36.6. The SMILES string of the molecule is CC(C)(C)OC(=O)CCOCCOCCOCCOCCOCCOCCOCCOCCOCCNC(=O)OC(C)(C)C. The van der Waals surface area contributed by atoms with Crippen LogP contribution in [0.5, 0.6) is 0 Å². The third-order valence-electron chi connectivity index (χ3n) is 4.76. The molecule has 44 heavy (non-hydrogen) atoms. The van der Waals surface area contributed by atoms with Crippen LogP contribution in [0.4, 0.5) is 4.79 Å². The highest BCUT2D eigenvalue weighted by atomic mass is 16.6. The molecule has 0 heterocycles. The molecular weight excluding hydrogens is 582 g/mol. The van der Waals surface area contributed by atoms with E-state index in [-0.39, 0.29) is 12.4 Å². The molecule has 0 saturated heterocycles. The molecule has 14 heteroatoms. The number of nitrogens with one attached hydrogen (secondary N) is 1. The van der Waals surface area contributed by atoms with Crippen LogP contribution in [-0.2, 0) is 56.9 Å². The Bertz CT molecular complexity index is 612. The molecule has 0 rings (SSSR count). The first-order chi connectivity index (χ1) is 21.0. The quantitative estimate of drug-likeness (QED) is 0.0905. The first kappa shape index (κ1) is 42.4. The van der Waals surface area contributed by atoms with Gasteiger partial charge in [-0.2, -0.15) is 0 Å². The maximum atomic E-state index is 11.5. The fraction of sp³-hybridized carbons (Fsp3) is 0.933. The molecular formula is C30H59NO13. The minimum Gasteiger partial charge on any atom is -0.460 e. The van der Waals surface area contributed by atoms with Crippen LogP contribution >= 0.6 is 0 Å². The summed E-state index contributed by atoms with van der Waals surface area (Å²) in [7, 11) is 0. The minimum atomic E-state index is -0.513. The molecule has 0 aromatic heterocycles. The summed E-state index contributed by atoms with van der Waals surface area (Å²) < 4.78 is 59.2. The molecule has 0 atom stereocenters. The zero-order valence-corrected chi connectivity index (χ0v) is 27.9. The average Bonchev–Trinajstić information content (AvgIpc) is 2.92. The lowest BCUT2D eigenvalue weighted by molar-refractivity contribution is -0.156. The summed E-state index contributed by atoms with van der Waals surface area (Å²) in [6, 6.07) is 0. The number of carbonyl (C=O) groups is 2. The van der Waals surface area contributed by atoms with Crippen LogP contribution in [0.15, 0.2) is 0 Å². The van der Waals surface area contributed by atoms with Gasteiger partial charge in [0.15, 0.2) is 0 Å². The second-order valence-corrected chi connectivity index (χ2v) is 11.3. The number of rotatable bonds is 30. The van der Waals surface area contributed by atoms with Crippen molar-refractivity contribution in [2.45, 2.75) is 59.2 Å². The van der Waals surface area contributed by atoms with Gasteiger partial charge in [0, 0.05) is 6.54 Å². The van der Waals surface area contributed by atoms with Crippen molar-refractivity contribution in [1.29, 1.82) is 0 Å². The van der Waals surface area contributed by atoms with Crippen molar-refractivity contribution in [3.05, 3.63) is 0 Å². The topological polar surface area (TPSA) is 148 Å². The number of hydrogen-bond donors (Lipinski definition) is 1. The highest BCUT2D eigenvalue weighted by Gasteiger charge is 2.16. The summed E-state index contributed by atoms with van der Waals surface area (Å²) in [6.07, 6.45) is -0.226. The lowest BCUT2D eigenvalue weighted by Gasteiger charge is -2.19. The van der Waals surface area contributed by atoms with Gasteiger partial charge in [-0.3, -0.25) is 4.79 Å². The summed E-state index contributed by atoms with van der Waals surface area (Å²) in [5, 5.41) is 2.62. The normalized spacial score (nSPS) is 12.0. The molecule has 0 aromatic carbocycles. The maximum absolute atomic E-state index is 11.5. The number of ether oxygens (including phenoxy) is 11. The van der Waals surface area contributed by atoms with Gasteiger partial charge in [-0.25, -0.2) is 4.79 Å². The van der Waals surface area contributed by atoms with Gasteiger partial charge in [-0.1, -0.05) is 0 Å². The molecule has 0 bridgehead atoms. The highest BCUT2D eigenvalue weighted by Crippen LogP contribution is 2.08. The number of carbonyl (C=O) groups excluding carboxylic acids is 2. The van der Waals surface area contributed by atoms with E-state index in [1.54, 1.807) is 0 Å². The van der Waals surface area contributed by atoms with Gasteiger partial charge in [-0.05, 0) is 41.5 Å². The Hall–Kier alpha value is -1.62. The average molecular weight is 642 g/mol. The lowest BCUT2D eigenvalue weighted by atomic mass is 10.2. The van der Waals surface area contributed by atoms with Crippen molar-refractivity contribution >= 4 is 12.1 Å². The van der Waals surface area contributed by atoms with Gasteiger partial charge in [0.2, 0.25) is 0 Å². The van der Waals surface area contributed by atoms with Crippen molar-refractivity contribution in [3.8, 4) is 0 Å². The molecule has 14 nitrogen and oxygen atoms in total. The van der Waals surface area contributed by atoms with E-state index in [2.05, 4.69) is 5.32 Å². The molecule has 0 aliphatic rings. The summed E-state index contributed by atoms with van der Waals surface area (Å²) in [6.45, 7) is 19.5. The first-order valence-corrected chi connectivity index (χ1v) is 15.4. The predicted molar refractivity (Wildman–Crippen MR) is 162 cm³/mol. The molecule has 0 aliphatic heterocycles. The van der Waals surface area contributed by atoms with Gasteiger partial charge in [-0.15, -0.1) is 0 Å². The van der Waals surface area contributed by atoms with Crippen molar-refractivity contribution in [2.75, 3.05) is 125 Å². The van der Waals surface area contributed by atoms with E-state index >= 15 is 0 Å². The van der Waals surface area contributed by atoms with Crippen molar-refractivity contribution in [2.24, 2.45) is 0 Å². The molecule has 0 unspecified atom stereocenters. The second kappa shape index (κ2) is 28.8. The van der Waals surface area contributed by atoms with Crippen LogP contribution < -0.4 is 5.32 Å². The monoisotopic (exact) mass is 641 g/mol. The molecule has 0 saturated carbocycles. The summed E-state index contributed by atoms with van der Waals surface area (Å²) in [5.74, 6) is -0.268. The van der Waals surface area contributed by atoms with Crippen molar-refractivity contribution < 1.29 is 61.7 Å². The first-order valence-electron chi connectivity index (χ1n) is 15.4. The zero-order valence-electron chi connectivity index (χ0n) is 27.9. The van der Waals surface area contributed by atoms with Gasteiger partial charge < -0.3 is 57.4 Å². The van der Waals surface area contributed by atoms with Crippen molar-refractivity contribution in [1.82, 2.24) is 5.32 Å². The highest BCUT2D eigenvalue weighted by molar-refractivity contribution is 5.69. The number of hydrogen-bond acceptors (Lipinski definition) is 13. The standard InChI is InChI=1S/C30H59NO13/c1-29(2,3)43-27(32)7-9-34-11-13-36-15-17-38-19-21-40-23-25-42-26-24-41-22-20-39-18-16-37-14-12-35-10-8-31-28(33)44-30(4,5)6/h7-26H2,1-6H3,(H,31,33). The minimum absolute atomic E-state index is 0.229. The lowest BCUT2D eigenvalue weighted by Crippen LogP contribution is -2.34. The van der Waals surface area contributed by atoms with E-state index in [4.69, 9.17) is 52.1 Å². The fourth-order valence-corrected chi connectivity index (χ4v) is 2.95. The summed E-state index contributed by atoms with van der Waals surface area (Å²) in [5.41, 5.74) is -0.989. The van der Waals surface area contributed by atoms with Crippen LogP contribution in [0.3, 0.4) is 0 Å². The second-order valence-electron chi connectivity index (χ2n) is 11.3. The summed E-state index contributed by atoms with van der Waals surface area (Å²) >= 11 is 0. The van der Waals surface area contributed by atoms with E-state index in [9.17, 15) is 9.59 Å². The van der Waals surface area contributed by atoms with E-state index < -0.39 is 17.3 Å². The Morgan fingerprint density at radius 3 is 0.977 bits per heavy atom. The van der Waals surface area contributed by atoms with E-state index in [1.165, 1.54) is 0 Å². The molecule has 262 valence electrons. The molecule has 0 aliphatic carbocycles. The van der Waals surface area contributed by atoms with E-state index in [0.717, 1.165) is 0 Å². The summed E-state index contributed by atoms with van der Waals surface area (Å²) in [4.78, 5) is 23.0. The number of esters is 1. The smallest absolute Gasteiger partial charge is 0.407 e. The Morgan fingerprint density at radius 1 is 0.409 bits per heavy atom. The Balaban J connectivity index is 3.15. The maximum Gasteiger partial charge on any atom is 0.407 e. The van der Waals surface area contributed by atoms with Gasteiger partial charge in [0.1, 0.15) is 11.2 Å². The van der Waals surface area contributed by atoms with Gasteiger partial charge in [0.05, 0.1) is 125 Å². The van der Waals surface area contributed by atoms with E-state index in [0.29, 0.717) is 125 Å². The fourth-order valence-electron chi connectivity index (χ4n) is 2.95. The van der Waals surface area contributed by atoms with Crippen LogP contribution in [0.25, 0.3) is 0 Å². The number of amides is 1. The Kier molecular flexibility index (Phi) is 27.8. The third-order valence-corrected chi connectivity index (χ3v) is 4.76. The van der Waals surface area contributed by atoms with Crippen molar-refractivity contribution in [3.63, 3.8) is 0 Å². The zero-order chi connectivity index (χ0) is 32.8. The van der Waals surface area contributed by atoms with Gasteiger partial charge in [0.25, 0.3) is 0 Å². The Morgan fingerprint density at radius 2 is 0.682 bits per heavy atom. The number of alkyl carbamates (subject to hydrolysis) is 1. The molecule has 1 N–H and O–H groups in total. The Labute approximate surface area is 263 Å². The van der Waals surface area contributed by atoms with Gasteiger partial charge >= 0.3 is 12.1 Å². The molecule has 0 aromatic rings.